The minimum atomic E-state index is 0.0770. The lowest BCUT2D eigenvalue weighted by Crippen LogP contribution is -2.58. The van der Waals surface area contributed by atoms with Crippen LogP contribution >= 0.6 is 12.2 Å². The molecule has 1 aliphatic carbocycles. The van der Waals surface area contributed by atoms with Crippen LogP contribution in [0.25, 0.3) is 0 Å². The summed E-state index contributed by atoms with van der Waals surface area (Å²) >= 11 is 5.12. The van der Waals surface area contributed by atoms with Gasteiger partial charge >= 0.3 is 0 Å². The molecular weight excluding hydrogens is 258 g/mol. The van der Waals surface area contributed by atoms with E-state index in [9.17, 15) is 0 Å². The minimum absolute atomic E-state index is 0.0770. The highest BCUT2D eigenvalue weighted by Gasteiger charge is 2.48. The number of nitrogens with one attached hydrogen (secondary N) is 1. The zero-order valence-electron chi connectivity index (χ0n) is 11.9. The molecule has 0 radical (unpaired) electrons. The SMILES string of the molecule is COC1CC(Nc2nccc(C)c2C(N)=S)C1(C)C. The van der Waals surface area contributed by atoms with Crippen molar-refractivity contribution >= 4 is 23.0 Å². The Morgan fingerprint density at radius 2 is 2.26 bits per heavy atom. The lowest BCUT2D eigenvalue weighted by Gasteiger charge is -2.51. The predicted molar refractivity (Wildman–Crippen MR) is 81.5 cm³/mol. The molecule has 0 spiro atoms. The maximum atomic E-state index is 5.80. The molecular formula is C14H21N3OS. The Morgan fingerprint density at radius 1 is 1.58 bits per heavy atom. The molecule has 3 N–H and O–H groups in total. The Balaban J connectivity index is 2.22. The molecule has 0 aromatic carbocycles. The topological polar surface area (TPSA) is 60.2 Å². The van der Waals surface area contributed by atoms with E-state index >= 15 is 0 Å². The summed E-state index contributed by atoms with van der Waals surface area (Å²) in [5, 5.41) is 3.47. The van der Waals surface area contributed by atoms with Crippen LogP contribution in [0.4, 0.5) is 5.82 Å². The van der Waals surface area contributed by atoms with E-state index in [1.807, 2.05) is 13.0 Å². The number of methoxy groups -OCH3 is 1. The molecule has 1 saturated carbocycles. The smallest absolute Gasteiger partial charge is 0.136 e. The molecule has 0 saturated heterocycles. The number of thiocarbonyl (C=S) groups is 1. The monoisotopic (exact) mass is 279 g/mol. The maximum Gasteiger partial charge on any atom is 0.136 e. The molecule has 0 bridgehead atoms. The molecule has 2 unspecified atom stereocenters. The summed E-state index contributed by atoms with van der Waals surface area (Å²) in [6, 6.07) is 2.24. The Bertz CT molecular complexity index is 501. The van der Waals surface area contributed by atoms with Crippen LogP contribution in [0.3, 0.4) is 0 Å². The highest BCUT2D eigenvalue weighted by Crippen LogP contribution is 2.44. The maximum absolute atomic E-state index is 5.80. The van der Waals surface area contributed by atoms with Gasteiger partial charge in [-0.3, -0.25) is 0 Å². The largest absolute Gasteiger partial charge is 0.389 e. The second-order valence-electron chi connectivity index (χ2n) is 5.69. The van der Waals surface area contributed by atoms with Crippen LogP contribution < -0.4 is 11.1 Å². The van der Waals surface area contributed by atoms with Crippen LogP contribution in [0, 0.1) is 12.3 Å². The second-order valence-corrected chi connectivity index (χ2v) is 6.13. The third-order valence-electron chi connectivity index (χ3n) is 4.18. The number of aromatic nitrogens is 1. The van der Waals surface area contributed by atoms with Gasteiger partial charge in [0, 0.05) is 24.8 Å². The van der Waals surface area contributed by atoms with Gasteiger partial charge in [0.25, 0.3) is 0 Å². The third-order valence-corrected chi connectivity index (χ3v) is 4.38. The number of nitrogens with two attached hydrogens (primary N) is 1. The quantitative estimate of drug-likeness (QED) is 0.828. The summed E-state index contributed by atoms with van der Waals surface area (Å²) < 4.78 is 5.46. The first-order valence-corrected chi connectivity index (χ1v) is 6.83. The summed E-state index contributed by atoms with van der Waals surface area (Å²) in [6.07, 6.45) is 3.03. The standard InChI is InChI=1S/C14H21N3OS/c1-8-5-6-16-13(11(8)12(15)19)17-9-7-10(18-4)14(9,2)3/h5-6,9-10H,7H2,1-4H3,(H2,15,19)(H,16,17). The first-order chi connectivity index (χ1) is 8.87. The molecule has 1 aromatic rings. The Hall–Kier alpha value is -1.20. The Labute approximate surface area is 119 Å². The number of ether oxygens (including phenoxy) is 1. The van der Waals surface area contributed by atoms with E-state index in [-0.39, 0.29) is 11.5 Å². The lowest BCUT2D eigenvalue weighted by atomic mass is 9.64. The number of hydrogen-bond acceptors (Lipinski definition) is 4. The lowest BCUT2D eigenvalue weighted by molar-refractivity contribution is -0.0795. The van der Waals surface area contributed by atoms with Crippen LogP contribution in [-0.2, 0) is 4.74 Å². The van der Waals surface area contributed by atoms with Crippen molar-refractivity contribution in [2.75, 3.05) is 12.4 Å². The first kappa shape index (κ1) is 14.2. The number of hydrogen-bond donors (Lipinski definition) is 2. The summed E-state index contributed by atoms with van der Waals surface area (Å²) in [5.41, 5.74) is 7.76. The van der Waals surface area contributed by atoms with Crippen molar-refractivity contribution in [1.29, 1.82) is 0 Å². The summed E-state index contributed by atoms with van der Waals surface area (Å²) in [5.74, 6) is 0.778. The molecule has 0 aliphatic heterocycles. The summed E-state index contributed by atoms with van der Waals surface area (Å²) in [6.45, 7) is 6.38. The van der Waals surface area contributed by atoms with Gasteiger partial charge in [-0.15, -0.1) is 0 Å². The molecule has 1 fully saturated rings. The van der Waals surface area contributed by atoms with Gasteiger partial charge in [-0.1, -0.05) is 26.1 Å². The Kier molecular flexibility index (Phi) is 3.78. The first-order valence-electron chi connectivity index (χ1n) is 6.42. The highest BCUT2D eigenvalue weighted by molar-refractivity contribution is 7.80. The van der Waals surface area contributed by atoms with E-state index < -0.39 is 0 Å². The fraction of sp³-hybridized carbons (Fsp3) is 0.571. The van der Waals surface area contributed by atoms with Gasteiger partial charge in [-0.2, -0.15) is 0 Å². The Morgan fingerprint density at radius 3 is 2.79 bits per heavy atom. The van der Waals surface area contributed by atoms with Crippen molar-refractivity contribution < 1.29 is 4.74 Å². The fourth-order valence-electron chi connectivity index (χ4n) is 2.67. The van der Waals surface area contributed by atoms with E-state index in [0.717, 1.165) is 23.4 Å². The molecule has 0 amide bonds. The van der Waals surface area contributed by atoms with Crippen molar-refractivity contribution in [3.05, 3.63) is 23.4 Å². The van der Waals surface area contributed by atoms with E-state index in [0.29, 0.717) is 11.0 Å². The van der Waals surface area contributed by atoms with Gasteiger partial charge in [0.1, 0.15) is 10.8 Å². The van der Waals surface area contributed by atoms with Gasteiger partial charge in [0.05, 0.1) is 11.7 Å². The van der Waals surface area contributed by atoms with Crippen molar-refractivity contribution in [1.82, 2.24) is 4.98 Å². The van der Waals surface area contributed by atoms with Crippen LogP contribution in [0.1, 0.15) is 31.4 Å². The number of rotatable bonds is 4. The number of pyridine rings is 1. The van der Waals surface area contributed by atoms with Crippen molar-refractivity contribution in [2.45, 2.75) is 39.3 Å². The van der Waals surface area contributed by atoms with E-state index in [1.54, 1.807) is 13.3 Å². The minimum Gasteiger partial charge on any atom is -0.389 e. The number of nitrogens with zero attached hydrogens (tertiary/aromatic N) is 1. The number of aryl methyl sites for hydroxylation is 1. The van der Waals surface area contributed by atoms with E-state index in [4.69, 9.17) is 22.7 Å². The summed E-state index contributed by atoms with van der Waals surface area (Å²) in [4.78, 5) is 4.76. The van der Waals surface area contributed by atoms with Crippen LogP contribution in [0.5, 0.6) is 0 Å². The molecule has 2 rings (SSSR count). The molecule has 1 heterocycles. The molecule has 5 heteroatoms. The fourth-order valence-corrected chi connectivity index (χ4v) is 2.93. The van der Waals surface area contributed by atoms with E-state index in [2.05, 4.69) is 24.1 Å². The van der Waals surface area contributed by atoms with Gasteiger partial charge in [-0.25, -0.2) is 4.98 Å². The van der Waals surface area contributed by atoms with Crippen molar-refractivity contribution in [3.8, 4) is 0 Å². The van der Waals surface area contributed by atoms with Crippen LogP contribution in [-0.4, -0.2) is 29.2 Å². The zero-order chi connectivity index (χ0) is 14.2. The van der Waals surface area contributed by atoms with Crippen molar-refractivity contribution in [3.63, 3.8) is 0 Å². The van der Waals surface area contributed by atoms with Gasteiger partial charge < -0.3 is 15.8 Å². The molecule has 104 valence electrons. The van der Waals surface area contributed by atoms with Crippen LogP contribution in [0.15, 0.2) is 12.3 Å². The normalized spacial score (nSPS) is 24.6. The molecule has 2 atom stereocenters. The van der Waals surface area contributed by atoms with E-state index in [1.165, 1.54) is 0 Å². The zero-order valence-corrected chi connectivity index (χ0v) is 12.7. The number of anilines is 1. The van der Waals surface area contributed by atoms with Crippen LogP contribution in [0.2, 0.25) is 0 Å². The molecule has 1 aliphatic rings. The molecule has 1 aromatic heterocycles. The highest BCUT2D eigenvalue weighted by atomic mass is 32.1. The summed E-state index contributed by atoms with van der Waals surface area (Å²) in [7, 11) is 1.76. The van der Waals surface area contributed by atoms with Crippen molar-refractivity contribution in [2.24, 2.45) is 11.1 Å². The van der Waals surface area contributed by atoms with Gasteiger partial charge in [0.2, 0.25) is 0 Å². The second kappa shape index (κ2) is 5.06. The average Bonchev–Trinajstić information content (AvgIpc) is 2.33. The predicted octanol–water partition coefficient (Wildman–Crippen LogP) is 2.25. The molecule has 4 nitrogen and oxygen atoms in total. The van der Waals surface area contributed by atoms with Gasteiger partial charge in [-0.05, 0) is 25.0 Å². The van der Waals surface area contributed by atoms with Gasteiger partial charge in [0.15, 0.2) is 0 Å². The third kappa shape index (κ3) is 2.44. The molecule has 19 heavy (non-hydrogen) atoms. The average molecular weight is 279 g/mol.